The molecule has 9 heavy (non-hydrogen) atoms. The summed E-state index contributed by atoms with van der Waals surface area (Å²) in [6.07, 6.45) is 0. The Morgan fingerprint density at radius 2 is 1.33 bits per heavy atom. The number of nitriles is 2. The van der Waals surface area contributed by atoms with Crippen LogP contribution in [-0.4, -0.2) is 33.3 Å². The van der Waals surface area contributed by atoms with Crippen LogP contribution in [0.4, 0.5) is 4.79 Å². The molecule has 48 valence electrons. The molecule has 0 saturated heterocycles. The summed E-state index contributed by atoms with van der Waals surface area (Å²) in [5, 5.41) is 14.5. The van der Waals surface area contributed by atoms with Crippen molar-refractivity contribution in [3.05, 3.63) is 0 Å². The van der Waals surface area contributed by atoms with E-state index in [2.05, 4.69) is 11.5 Å². The van der Waals surface area contributed by atoms with Crippen molar-refractivity contribution in [3.63, 3.8) is 0 Å². The van der Waals surface area contributed by atoms with Crippen LogP contribution in [0.25, 0.3) is 0 Å². The van der Waals surface area contributed by atoms with E-state index in [-0.39, 0.29) is 27.3 Å². The molecule has 0 rings (SSSR count). The Balaban J connectivity index is -0.0000000720. The zero-order valence-electron chi connectivity index (χ0n) is 4.66. The molecule has 2 radical (unpaired) electrons. The van der Waals surface area contributed by atoms with Crippen molar-refractivity contribution in [2.75, 3.05) is 0 Å². The van der Waals surface area contributed by atoms with E-state index in [9.17, 15) is 0 Å². The third kappa shape index (κ3) is 6480. The van der Waals surface area contributed by atoms with E-state index >= 15 is 0 Å². The first-order valence-electron chi connectivity index (χ1n) is 1.48. The minimum atomic E-state index is -0.833. The molecule has 0 aliphatic heterocycles. The monoisotopic (exact) mass is 322 g/mol. The fourth-order valence-electron chi connectivity index (χ4n) is 0. The van der Waals surface area contributed by atoms with E-state index in [1.165, 1.54) is 12.1 Å². The van der Waals surface area contributed by atoms with Crippen LogP contribution < -0.4 is 11.5 Å². The van der Waals surface area contributed by atoms with Crippen molar-refractivity contribution in [2.45, 2.75) is 0 Å². The number of hydrogen-bond acceptors (Lipinski definition) is 3. The van der Waals surface area contributed by atoms with Crippen molar-refractivity contribution in [2.24, 2.45) is 11.5 Å². The molecule has 0 aromatic heterocycles. The molecule has 0 atom stereocenters. The topological polar surface area (TPSA) is 117 Å². The van der Waals surface area contributed by atoms with Gasteiger partial charge in [-0.2, -0.15) is 10.5 Å². The zero-order chi connectivity index (χ0) is 6.99. The number of carbonyl (C=O) groups excluding carboxylic acids is 1. The van der Waals surface area contributed by atoms with Crippen LogP contribution in [0.5, 0.6) is 0 Å². The molecule has 0 aliphatic carbocycles. The summed E-state index contributed by atoms with van der Waals surface area (Å²) in [6.45, 7) is 0. The van der Waals surface area contributed by atoms with Crippen LogP contribution in [0.1, 0.15) is 0 Å². The maximum absolute atomic E-state index is 9.00. The molecule has 5 nitrogen and oxygen atoms in total. The number of nitrogens with zero attached hydrogens (tertiary/aromatic N) is 2. The first-order chi connectivity index (χ1) is 3.65. The molecule has 0 saturated carbocycles. The van der Waals surface area contributed by atoms with Crippen molar-refractivity contribution in [1.82, 2.24) is 0 Å². The molecule has 0 bridgehead atoms. The second-order valence-electron chi connectivity index (χ2n) is 0.626. The number of carbonyl (C=O) groups is 1. The number of amides is 2. The molecule has 6 heteroatoms. The standard InChI is InChI=1S/C2N2.CH4N2O.Pb.2H/c3-1-2-4;2-1(3)4;;;/h;(H4,2,3,4);;;. The Bertz CT molecular complexity index is 127. The number of urea groups is 1. The molecule has 4 N–H and O–H groups in total. The van der Waals surface area contributed by atoms with E-state index < -0.39 is 6.03 Å². The summed E-state index contributed by atoms with van der Waals surface area (Å²) in [4.78, 5) is 9.00. The van der Waals surface area contributed by atoms with Crippen molar-refractivity contribution in [1.29, 1.82) is 10.5 Å². The normalized spacial score (nSPS) is 3.78. The third-order valence-electron chi connectivity index (χ3n) is 0.0500. The Kier molecular flexibility index (Phi) is 27.4. The van der Waals surface area contributed by atoms with Crippen LogP contribution in [0.15, 0.2) is 0 Å². The molecule has 0 spiro atoms. The van der Waals surface area contributed by atoms with Gasteiger partial charge < -0.3 is 11.5 Å². The number of nitrogens with two attached hydrogens (primary N) is 2. The van der Waals surface area contributed by atoms with Crippen molar-refractivity contribution in [3.8, 4) is 12.1 Å². The molecule has 0 fully saturated rings. The Hall–Kier alpha value is -0.828. The number of rotatable bonds is 0. The fraction of sp³-hybridized carbons (Fsp3) is 0. The average molecular weight is 321 g/mol. The van der Waals surface area contributed by atoms with Gasteiger partial charge in [0.15, 0.2) is 12.1 Å². The predicted octanol–water partition coefficient (Wildman–Crippen LogP) is -1.86. The van der Waals surface area contributed by atoms with Gasteiger partial charge in [-0.1, -0.05) is 0 Å². The SMILES string of the molecule is N#CC#N.NC(N)=O.[PbH2]. The quantitative estimate of drug-likeness (QED) is 0.510. The van der Waals surface area contributed by atoms with E-state index in [4.69, 9.17) is 15.3 Å². The van der Waals surface area contributed by atoms with Crippen LogP contribution in [0.3, 0.4) is 0 Å². The van der Waals surface area contributed by atoms with Gasteiger partial charge in [0.2, 0.25) is 0 Å². The van der Waals surface area contributed by atoms with Crippen molar-refractivity contribution < 1.29 is 4.79 Å². The zero-order valence-corrected chi connectivity index (χ0v) is 10.2. The van der Waals surface area contributed by atoms with E-state index in [0.29, 0.717) is 0 Å². The van der Waals surface area contributed by atoms with Gasteiger partial charge in [-0.15, -0.1) is 0 Å². The average Bonchev–Trinajstić information content (AvgIpc) is 1.65. The van der Waals surface area contributed by atoms with Gasteiger partial charge in [-0.3, -0.25) is 0 Å². The molecule has 0 aromatic carbocycles. The van der Waals surface area contributed by atoms with Crippen LogP contribution in [0.2, 0.25) is 0 Å². The van der Waals surface area contributed by atoms with E-state index in [1.54, 1.807) is 0 Å². The Morgan fingerprint density at radius 1 is 1.22 bits per heavy atom. The Morgan fingerprint density at radius 3 is 1.33 bits per heavy atom. The summed E-state index contributed by atoms with van der Waals surface area (Å²) in [5.41, 5.74) is 8.50. The molecule has 0 heterocycles. The van der Waals surface area contributed by atoms with E-state index in [1.807, 2.05) is 0 Å². The van der Waals surface area contributed by atoms with E-state index in [0.717, 1.165) is 0 Å². The van der Waals surface area contributed by atoms with Gasteiger partial charge in [0.05, 0.1) is 0 Å². The van der Waals surface area contributed by atoms with Crippen LogP contribution in [-0.2, 0) is 0 Å². The van der Waals surface area contributed by atoms with Gasteiger partial charge in [0.1, 0.15) is 0 Å². The maximum atomic E-state index is 9.00. The minimum absolute atomic E-state index is 0. The first-order valence-corrected chi connectivity index (χ1v) is 1.48. The van der Waals surface area contributed by atoms with Gasteiger partial charge in [-0.05, 0) is 0 Å². The predicted molar refractivity (Wildman–Crippen MR) is 33.5 cm³/mol. The summed E-state index contributed by atoms with van der Waals surface area (Å²) in [6, 6.07) is 1.64. The summed E-state index contributed by atoms with van der Waals surface area (Å²) in [7, 11) is 0. The molecule has 0 unspecified atom stereocenters. The van der Waals surface area contributed by atoms with Gasteiger partial charge >= 0.3 is 33.3 Å². The van der Waals surface area contributed by atoms with Crippen LogP contribution >= 0.6 is 0 Å². The second kappa shape index (κ2) is 15.7. The third-order valence-corrected chi connectivity index (χ3v) is 0.0500. The summed E-state index contributed by atoms with van der Waals surface area (Å²) >= 11 is 0. The number of primary amides is 2. The summed E-state index contributed by atoms with van der Waals surface area (Å²) < 4.78 is 0. The first kappa shape index (κ1) is 15.7. The Labute approximate surface area is 72.4 Å². The molecular formula is C3H6N4OPb. The van der Waals surface area contributed by atoms with Crippen LogP contribution in [0, 0.1) is 22.7 Å². The molecular weight excluding hydrogens is 315 g/mol. The van der Waals surface area contributed by atoms with Gasteiger partial charge in [0.25, 0.3) is 0 Å². The number of hydrogen-bond donors (Lipinski definition) is 2. The molecule has 0 aromatic rings. The fourth-order valence-corrected chi connectivity index (χ4v) is 0. The molecule has 0 aliphatic rings. The van der Waals surface area contributed by atoms with Crippen molar-refractivity contribution >= 4 is 33.3 Å². The second-order valence-corrected chi connectivity index (χ2v) is 0.626. The van der Waals surface area contributed by atoms with Gasteiger partial charge in [-0.25, -0.2) is 4.79 Å². The molecule has 2 amide bonds. The summed E-state index contributed by atoms with van der Waals surface area (Å²) in [5.74, 6) is 0. The van der Waals surface area contributed by atoms with Gasteiger partial charge in [0, 0.05) is 0 Å².